The maximum Gasteiger partial charge on any atom is 0.416 e. The Morgan fingerprint density at radius 3 is 2.26 bits per heavy atom. The van der Waals surface area contributed by atoms with Crippen molar-refractivity contribution in [1.29, 1.82) is 0 Å². The van der Waals surface area contributed by atoms with Gasteiger partial charge >= 0.3 is 6.18 Å². The summed E-state index contributed by atoms with van der Waals surface area (Å²) in [4.78, 5) is 26.6. The Kier molecular flexibility index (Phi) is 9.70. The van der Waals surface area contributed by atoms with Crippen molar-refractivity contribution in [2.24, 2.45) is 0 Å². The Morgan fingerprint density at radius 1 is 1.03 bits per heavy atom. The molecule has 2 aromatic carbocycles. The molecule has 0 aromatic heterocycles. The van der Waals surface area contributed by atoms with Crippen molar-refractivity contribution in [3.63, 3.8) is 0 Å². The van der Waals surface area contributed by atoms with Gasteiger partial charge in [0.15, 0.2) is 0 Å². The minimum atomic E-state index is -4.62. The molecule has 11 heteroatoms. The second-order valence-electron chi connectivity index (χ2n) is 8.10. The van der Waals surface area contributed by atoms with Gasteiger partial charge in [0.2, 0.25) is 21.8 Å². The predicted octanol–water partition coefficient (Wildman–Crippen LogP) is 3.46. The van der Waals surface area contributed by atoms with Crippen LogP contribution >= 0.6 is 0 Å². The summed E-state index contributed by atoms with van der Waals surface area (Å²) < 4.78 is 64.7. The number of nitrogens with one attached hydrogen (secondary N) is 1. The molecule has 0 bridgehead atoms. The molecule has 0 spiro atoms. The van der Waals surface area contributed by atoms with E-state index in [1.807, 2.05) is 30.3 Å². The van der Waals surface area contributed by atoms with Gasteiger partial charge in [-0.2, -0.15) is 13.2 Å². The number of likely N-dealkylation sites (N-methyl/N-ethyl adjacent to an activating group) is 1. The quantitative estimate of drug-likeness (QED) is 0.499. The van der Waals surface area contributed by atoms with Crippen molar-refractivity contribution in [2.75, 3.05) is 30.7 Å². The van der Waals surface area contributed by atoms with Crippen LogP contribution < -0.4 is 9.62 Å². The number of hydrogen-bond acceptors (Lipinski definition) is 4. The summed E-state index contributed by atoms with van der Waals surface area (Å²) in [5.74, 6) is -0.692. The van der Waals surface area contributed by atoms with Crippen LogP contribution in [0.4, 0.5) is 18.9 Å². The maximum absolute atomic E-state index is 13.1. The minimum Gasteiger partial charge on any atom is -0.357 e. The molecule has 192 valence electrons. The normalized spacial score (nSPS) is 12.6. The third-order valence-electron chi connectivity index (χ3n) is 5.51. The Morgan fingerprint density at radius 2 is 1.69 bits per heavy atom. The van der Waals surface area contributed by atoms with E-state index in [4.69, 9.17) is 0 Å². The third-order valence-corrected chi connectivity index (χ3v) is 6.71. The molecule has 2 amide bonds. The zero-order valence-corrected chi connectivity index (χ0v) is 20.7. The van der Waals surface area contributed by atoms with E-state index in [2.05, 4.69) is 5.32 Å². The number of anilines is 1. The van der Waals surface area contributed by atoms with E-state index in [9.17, 15) is 31.2 Å². The van der Waals surface area contributed by atoms with Gasteiger partial charge < -0.3 is 10.2 Å². The fourth-order valence-corrected chi connectivity index (χ4v) is 4.58. The molecule has 2 aromatic rings. The van der Waals surface area contributed by atoms with Crippen molar-refractivity contribution < 1.29 is 31.2 Å². The van der Waals surface area contributed by atoms with Gasteiger partial charge in [0.05, 0.1) is 17.5 Å². The number of halogens is 3. The fraction of sp³-hybridized carbons (Fsp3) is 0.417. The highest BCUT2D eigenvalue weighted by Gasteiger charge is 2.32. The average molecular weight is 514 g/mol. The van der Waals surface area contributed by atoms with Gasteiger partial charge in [-0.15, -0.1) is 0 Å². The highest BCUT2D eigenvalue weighted by atomic mass is 32.2. The second-order valence-corrected chi connectivity index (χ2v) is 10.0. The maximum atomic E-state index is 13.1. The summed E-state index contributed by atoms with van der Waals surface area (Å²) in [6.07, 6.45) is -3.22. The van der Waals surface area contributed by atoms with Gasteiger partial charge in [-0.25, -0.2) is 8.42 Å². The third kappa shape index (κ3) is 8.27. The van der Waals surface area contributed by atoms with Gasteiger partial charge in [0.25, 0.3) is 0 Å². The first-order chi connectivity index (χ1) is 16.3. The van der Waals surface area contributed by atoms with Crippen LogP contribution in [-0.2, 0) is 32.2 Å². The van der Waals surface area contributed by atoms with Crippen LogP contribution in [0.15, 0.2) is 54.6 Å². The van der Waals surface area contributed by atoms with Crippen LogP contribution in [0.5, 0.6) is 0 Å². The summed E-state index contributed by atoms with van der Waals surface area (Å²) in [6, 6.07) is 12.7. The Hall–Kier alpha value is -3.08. The molecule has 2 rings (SSSR count). The monoisotopic (exact) mass is 513 g/mol. The smallest absolute Gasteiger partial charge is 0.357 e. The van der Waals surface area contributed by atoms with Crippen molar-refractivity contribution in [3.05, 3.63) is 65.7 Å². The standard InChI is InChI=1S/C24H30F3N3O4S/c1-18(23(32)28-2)29(16-14-19-9-5-4-6-10-19)22(31)13-8-15-30(35(3,33)34)21-12-7-11-20(17-21)24(25,26)27/h4-7,9-12,17-18H,8,13-16H2,1-3H3,(H,28,32). The first kappa shape index (κ1) is 28.2. The summed E-state index contributed by atoms with van der Waals surface area (Å²) >= 11 is 0. The van der Waals surface area contributed by atoms with Gasteiger partial charge in [-0.1, -0.05) is 36.4 Å². The van der Waals surface area contributed by atoms with E-state index < -0.39 is 27.8 Å². The summed E-state index contributed by atoms with van der Waals surface area (Å²) in [7, 11) is -2.43. The number of sulfonamides is 1. The van der Waals surface area contributed by atoms with Crippen LogP contribution in [0, 0.1) is 0 Å². The molecule has 7 nitrogen and oxygen atoms in total. The first-order valence-electron chi connectivity index (χ1n) is 11.0. The van der Waals surface area contributed by atoms with Crippen molar-refractivity contribution in [1.82, 2.24) is 10.2 Å². The summed E-state index contributed by atoms with van der Waals surface area (Å²) in [5, 5.41) is 2.52. The SMILES string of the molecule is CNC(=O)C(C)N(CCc1ccccc1)C(=O)CCCN(c1cccc(C(F)(F)F)c1)S(C)(=O)=O. The van der Waals surface area contributed by atoms with E-state index in [0.717, 1.165) is 34.3 Å². The molecule has 1 N–H and O–H groups in total. The summed E-state index contributed by atoms with van der Waals surface area (Å²) in [5.41, 5.74) is -0.108. The number of amides is 2. The molecule has 0 saturated carbocycles. The molecule has 0 aliphatic rings. The fourth-order valence-electron chi connectivity index (χ4n) is 3.62. The Balaban J connectivity index is 2.13. The molecule has 0 radical (unpaired) electrons. The van der Waals surface area contributed by atoms with Crippen molar-refractivity contribution in [2.45, 2.75) is 38.4 Å². The zero-order valence-electron chi connectivity index (χ0n) is 19.9. The van der Waals surface area contributed by atoms with Gasteiger partial charge in [-0.05, 0) is 43.5 Å². The lowest BCUT2D eigenvalue weighted by Gasteiger charge is -2.29. The van der Waals surface area contributed by atoms with E-state index in [1.165, 1.54) is 18.0 Å². The van der Waals surface area contributed by atoms with E-state index in [1.54, 1.807) is 6.92 Å². The van der Waals surface area contributed by atoms with Crippen LogP contribution in [0.25, 0.3) is 0 Å². The molecule has 0 aliphatic heterocycles. The molecule has 0 heterocycles. The van der Waals surface area contributed by atoms with Crippen molar-refractivity contribution in [3.8, 4) is 0 Å². The number of carbonyl (C=O) groups is 2. The topological polar surface area (TPSA) is 86.8 Å². The highest BCUT2D eigenvalue weighted by molar-refractivity contribution is 7.92. The zero-order chi connectivity index (χ0) is 26.2. The molecule has 35 heavy (non-hydrogen) atoms. The Labute approximate surface area is 204 Å². The number of carbonyl (C=O) groups excluding carboxylic acids is 2. The highest BCUT2D eigenvalue weighted by Crippen LogP contribution is 2.32. The number of alkyl halides is 3. The van der Waals surface area contributed by atoms with Crippen LogP contribution in [0.3, 0.4) is 0 Å². The number of benzene rings is 2. The van der Waals surface area contributed by atoms with Crippen molar-refractivity contribution >= 4 is 27.5 Å². The van der Waals surface area contributed by atoms with E-state index in [0.29, 0.717) is 6.42 Å². The average Bonchev–Trinajstić information content (AvgIpc) is 2.80. The van der Waals surface area contributed by atoms with Crippen LogP contribution in [-0.4, -0.2) is 57.6 Å². The molecule has 0 aliphatic carbocycles. The molecular weight excluding hydrogens is 483 g/mol. The second kappa shape index (κ2) is 12.1. The molecule has 1 unspecified atom stereocenters. The number of rotatable bonds is 11. The first-order valence-corrected chi connectivity index (χ1v) is 12.9. The van der Waals surface area contributed by atoms with Gasteiger partial charge in [-0.3, -0.25) is 13.9 Å². The number of nitrogens with zero attached hydrogens (tertiary/aromatic N) is 2. The minimum absolute atomic E-state index is 0.0600. The van der Waals surface area contributed by atoms with Crippen LogP contribution in [0.2, 0.25) is 0 Å². The molecule has 1 atom stereocenters. The number of hydrogen-bond donors (Lipinski definition) is 1. The predicted molar refractivity (Wildman–Crippen MR) is 128 cm³/mol. The molecule has 0 fully saturated rings. The van der Waals surface area contributed by atoms with Crippen LogP contribution in [0.1, 0.15) is 30.9 Å². The Bertz CT molecular complexity index is 1110. The van der Waals surface area contributed by atoms with E-state index in [-0.39, 0.29) is 43.4 Å². The summed E-state index contributed by atoms with van der Waals surface area (Å²) in [6.45, 7) is 1.70. The van der Waals surface area contributed by atoms with Gasteiger partial charge in [0.1, 0.15) is 6.04 Å². The lowest BCUT2D eigenvalue weighted by atomic mass is 10.1. The molecular formula is C24H30F3N3O4S. The largest absolute Gasteiger partial charge is 0.416 e. The lowest BCUT2D eigenvalue weighted by Crippen LogP contribution is -2.48. The molecule has 0 saturated heterocycles. The van der Waals surface area contributed by atoms with E-state index >= 15 is 0 Å². The lowest BCUT2D eigenvalue weighted by molar-refractivity contribution is -0.139. The van der Waals surface area contributed by atoms with Gasteiger partial charge in [0, 0.05) is 26.6 Å².